The first-order valence-electron chi connectivity index (χ1n) is 6.85. The van der Waals surface area contributed by atoms with Gasteiger partial charge in [-0.1, -0.05) is 24.3 Å². The Morgan fingerprint density at radius 3 is 3.19 bits per heavy atom. The number of methoxy groups -OCH3 is 1. The predicted molar refractivity (Wildman–Crippen MR) is 82.5 cm³/mol. The van der Waals surface area contributed by atoms with Crippen molar-refractivity contribution in [2.24, 2.45) is 0 Å². The Hall–Kier alpha value is -1.92. The Bertz CT molecular complexity index is 641. The van der Waals surface area contributed by atoms with Gasteiger partial charge in [-0.05, 0) is 24.0 Å². The zero-order valence-electron chi connectivity index (χ0n) is 11.8. The Balaban J connectivity index is 1.59. The molecule has 2 aromatic rings. The van der Waals surface area contributed by atoms with E-state index < -0.39 is 0 Å². The molecule has 110 valence electrons. The third kappa shape index (κ3) is 3.22. The standard InChI is InChI=1S/C15H17N3O2S/c1-20-8-11-9-21-15(16-11)18-14(19)17-13-7-6-10-4-2-3-5-12(10)13/h2-5,9,13H,6-8H2,1H3,(H2,16,17,18,19). The summed E-state index contributed by atoms with van der Waals surface area (Å²) in [7, 11) is 1.62. The van der Waals surface area contributed by atoms with Crippen LogP contribution in [0.3, 0.4) is 0 Å². The fraction of sp³-hybridized carbons (Fsp3) is 0.333. The minimum absolute atomic E-state index is 0.0830. The van der Waals surface area contributed by atoms with Crippen LogP contribution in [0.25, 0.3) is 0 Å². The molecule has 1 atom stereocenters. The van der Waals surface area contributed by atoms with Gasteiger partial charge in [-0.25, -0.2) is 9.78 Å². The molecule has 2 amide bonds. The van der Waals surface area contributed by atoms with Crippen LogP contribution in [0.4, 0.5) is 9.93 Å². The van der Waals surface area contributed by atoms with E-state index in [2.05, 4.69) is 27.8 Å². The van der Waals surface area contributed by atoms with E-state index in [1.807, 2.05) is 17.5 Å². The molecule has 0 aliphatic heterocycles. The van der Waals surface area contributed by atoms with Crippen molar-refractivity contribution in [1.82, 2.24) is 10.3 Å². The van der Waals surface area contributed by atoms with Crippen LogP contribution in [0, 0.1) is 0 Å². The SMILES string of the molecule is COCc1csc(NC(=O)NC2CCc3ccccc32)n1. The van der Waals surface area contributed by atoms with Crippen LogP contribution in [-0.2, 0) is 17.8 Å². The van der Waals surface area contributed by atoms with Gasteiger partial charge in [-0.3, -0.25) is 5.32 Å². The molecule has 0 saturated heterocycles. The monoisotopic (exact) mass is 303 g/mol. The van der Waals surface area contributed by atoms with E-state index in [1.165, 1.54) is 22.5 Å². The third-order valence-corrected chi connectivity index (χ3v) is 4.31. The minimum Gasteiger partial charge on any atom is -0.378 e. The number of hydrogen-bond donors (Lipinski definition) is 2. The first-order chi connectivity index (χ1) is 10.3. The number of hydrogen-bond acceptors (Lipinski definition) is 4. The molecule has 6 heteroatoms. The molecule has 0 bridgehead atoms. The van der Waals surface area contributed by atoms with Crippen LogP contribution in [-0.4, -0.2) is 18.1 Å². The maximum absolute atomic E-state index is 12.1. The van der Waals surface area contributed by atoms with Crippen molar-refractivity contribution in [1.29, 1.82) is 0 Å². The quantitative estimate of drug-likeness (QED) is 0.912. The smallest absolute Gasteiger partial charge is 0.321 e. The summed E-state index contributed by atoms with van der Waals surface area (Å²) in [6, 6.07) is 8.11. The summed E-state index contributed by atoms with van der Waals surface area (Å²) >= 11 is 1.40. The molecule has 5 nitrogen and oxygen atoms in total. The minimum atomic E-state index is -0.213. The van der Waals surface area contributed by atoms with E-state index in [9.17, 15) is 4.79 Å². The van der Waals surface area contributed by atoms with Crippen LogP contribution < -0.4 is 10.6 Å². The van der Waals surface area contributed by atoms with Crippen LogP contribution in [0.15, 0.2) is 29.6 Å². The van der Waals surface area contributed by atoms with E-state index in [-0.39, 0.29) is 12.1 Å². The number of nitrogens with zero attached hydrogens (tertiary/aromatic N) is 1. The number of thiazole rings is 1. The molecule has 1 aliphatic rings. The number of carbonyl (C=O) groups is 1. The largest absolute Gasteiger partial charge is 0.378 e. The summed E-state index contributed by atoms with van der Waals surface area (Å²) < 4.78 is 5.01. The fourth-order valence-electron chi connectivity index (χ4n) is 2.58. The number of urea groups is 1. The number of benzene rings is 1. The van der Waals surface area contributed by atoms with E-state index in [0.717, 1.165) is 18.5 Å². The first-order valence-corrected chi connectivity index (χ1v) is 7.73. The summed E-state index contributed by atoms with van der Waals surface area (Å²) in [4.78, 5) is 16.3. The van der Waals surface area contributed by atoms with Gasteiger partial charge in [0, 0.05) is 12.5 Å². The number of nitrogens with one attached hydrogen (secondary N) is 2. The second-order valence-corrected chi connectivity index (χ2v) is 5.82. The van der Waals surface area contributed by atoms with Gasteiger partial charge < -0.3 is 10.1 Å². The van der Waals surface area contributed by atoms with E-state index in [0.29, 0.717) is 11.7 Å². The van der Waals surface area contributed by atoms with Gasteiger partial charge in [0.2, 0.25) is 0 Å². The average molecular weight is 303 g/mol. The Morgan fingerprint density at radius 1 is 1.48 bits per heavy atom. The summed E-state index contributed by atoms with van der Waals surface area (Å²) in [5, 5.41) is 8.26. The van der Waals surface area contributed by atoms with Gasteiger partial charge in [0.1, 0.15) is 0 Å². The zero-order valence-corrected chi connectivity index (χ0v) is 12.6. The van der Waals surface area contributed by atoms with Crippen LogP contribution in [0.1, 0.15) is 29.3 Å². The third-order valence-electron chi connectivity index (χ3n) is 3.50. The zero-order chi connectivity index (χ0) is 14.7. The van der Waals surface area contributed by atoms with E-state index in [4.69, 9.17) is 4.74 Å². The van der Waals surface area contributed by atoms with Gasteiger partial charge in [-0.2, -0.15) is 0 Å². The molecular formula is C15H17N3O2S. The Labute approximate surface area is 127 Å². The highest BCUT2D eigenvalue weighted by Gasteiger charge is 2.23. The van der Waals surface area contributed by atoms with Crippen LogP contribution >= 0.6 is 11.3 Å². The molecule has 0 spiro atoms. The second kappa shape index (κ2) is 6.24. The number of carbonyl (C=O) groups excluding carboxylic acids is 1. The molecule has 3 rings (SSSR count). The Kier molecular flexibility index (Phi) is 4.17. The van der Waals surface area contributed by atoms with Crippen molar-refractivity contribution >= 4 is 22.5 Å². The maximum atomic E-state index is 12.1. The van der Waals surface area contributed by atoms with Gasteiger partial charge in [-0.15, -0.1) is 11.3 Å². The maximum Gasteiger partial charge on any atom is 0.321 e. The normalized spacial score (nSPS) is 16.5. The summed E-state index contributed by atoms with van der Waals surface area (Å²) in [5.41, 5.74) is 3.36. The van der Waals surface area contributed by atoms with Crippen molar-refractivity contribution < 1.29 is 9.53 Å². The number of amides is 2. The molecule has 1 aromatic carbocycles. The fourth-order valence-corrected chi connectivity index (χ4v) is 3.27. The summed E-state index contributed by atoms with van der Waals surface area (Å²) in [6.07, 6.45) is 1.95. The molecule has 0 radical (unpaired) electrons. The van der Waals surface area contributed by atoms with Gasteiger partial charge in [0.15, 0.2) is 5.13 Å². The topological polar surface area (TPSA) is 63.2 Å². The van der Waals surface area contributed by atoms with Crippen molar-refractivity contribution in [3.8, 4) is 0 Å². The summed E-state index contributed by atoms with van der Waals surface area (Å²) in [5.74, 6) is 0. The number of rotatable bonds is 4. The number of fused-ring (bicyclic) bond motifs is 1. The average Bonchev–Trinajstić information content (AvgIpc) is 3.07. The van der Waals surface area contributed by atoms with Crippen molar-refractivity contribution in [3.63, 3.8) is 0 Å². The molecule has 0 fully saturated rings. The van der Waals surface area contributed by atoms with Crippen molar-refractivity contribution in [2.45, 2.75) is 25.5 Å². The molecule has 0 saturated carbocycles. The molecule has 1 aromatic heterocycles. The highest BCUT2D eigenvalue weighted by Crippen LogP contribution is 2.30. The van der Waals surface area contributed by atoms with Gasteiger partial charge >= 0.3 is 6.03 Å². The highest BCUT2D eigenvalue weighted by molar-refractivity contribution is 7.13. The highest BCUT2D eigenvalue weighted by atomic mass is 32.1. The van der Waals surface area contributed by atoms with Crippen LogP contribution in [0.5, 0.6) is 0 Å². The summed E-state index contributed by atoms with van der Waals surface area (Å²) in [6.45, 7) is 0.454. The second-order valence-electron chi connectivity index (χ2n) is 4.97. The molecule has 2 N–H and O–H groups in total. The van der Waals surface area contributed by atoms with Gasteiger partial charge in [0.05, 0.1) is 18.3 Å². The van der Waals surface area contributed by atoms with Crippen molar-refractivity contribution in [3.05, 3.63) is 46.5 Å². The molecule has 21 heavy (non-hydrogen) atoms. The molecule has 1 heterocycles. The number of aromatic nitrogens is 1. The predicted octanol–water partition coefficient (Wildman–Crippen LogP) is 3.10. The van der Waals surface area contributed by atoms with E-state index in [1.54, 1.807) is 7.11 Å². The number of anilines is 1. The lowest BCUT2D eigenvalue weighted by atomic mass is 10.1. The van der Waals surface area contributed by atoms with Crippen LogP contribution in [0.2, 0.25) is 0 Å². The molecule has 1 aliphatic carbocycles. The van der Waals surface area contributed by atoms with Gasteiger partial charge in [0.25, 0.3) is 0 Å². The Morgan fingerprint density at radius 2 is 2.33 bits per heavy atom. The van der Waals surface area contributed by atoms with E-state index >= 15 is 0 Å². The number of aryl methyl sites for hydroxylation is 1. The lowest BCUT2D eigenvalue weighted by Crippen LogP contribution is -2.31. The molecular weight excluding hydrogens is 286 g/mol. The van der Waals surface area contributed by atoms with Crippen molar-refractivity contribution in [2.75, 3.05) is 12.4 Å². The first kappa shape index (κ1) is 14.0. The lowest BCUT2D eigenvalue weighted by molar-refractivity contribution is 0.182. The number of ether oxygens (including phenoxy) is 1. The molecule has 1 unspecified atom stereocenters. The lowest BCUT2D eigenvalue weighted by Gasteiger charge is -2.13.